The lowest BCUT2D eigenvalue weighted by Crippen LogP contribution is -2.08. The number of aryl methyl sites for hydroxylation is 2. The first-order valence-corrected chi connectivity index (χ1v) is 15.5. The Morgan fingerprint density at radius 2 is 1.60 bits per heavy atom. The molecule has 5 nitrogen and oxygen atoms in total. The number of esters is 1. The Morgan fingerprint density at radius 1 is 0.857 bits per heavy atom. The second-order valence-electron chi connectivity index (χ2n) is 11.4. The molecule has 222 valence electrons. The standard InChI is InChI=1S/C37H45NO4/c1-5-7-13-35(29-19-17-28(18-20-29)16-15-27(3)4)42-31-23-21-30(22-24-31)37(40)33-26-38(25-10-14-36(39)41-6-2)34-12-9-8-11-32(33)34/h8-9,11-12,17-24,26-27,35H,5-7,10,13-16,25H2,1-4H3. The van der Waals surface area contributed by atoms with E-state index in [1.54, 1.807) is 0 Å². The number of aromatic nitrogens is 1. The van der Waals surface area contributed by atoms with Crippen LogP contribution in [-0.2, 0) is 22.5 Å². The first kappa shape index (κ1) is 31.1. The second kappa shape index (κ2) is 15.4. The van der Waals surface area contributed by atoms with E-state index in [1.807, 2.05) is 61.7 Å². The maximum atomic E-state index is 13.6. The van der Waals surface area contributed by atoms with Gasteiger partial charge in [-0.05, 0) is 86.4 Å². The van der Waals surface area contributed by atoms with Crippen molar-refractivity contribution in [2.45, 2.75) is 85.3 Å². The molecule has 0 aliphatic carbocycles. The normalized spacial score (nSPS) is 12.0. The van der Waals surface area contributed by atoms with Crippen LogP contribution in [0.1, 0.15) is 99.4 Å². The van der Waals surface area contributed by atoms with E-state index in [-0.39, 0.29) is 17.9 Å². The summed E-state index contributed by atoms with van der Waals surface area (Å²) in [6.07, 6.45) is 8.31. The summed E-state index contributed by atoms with van der Waals surface area (Å²) in [7, 11) is 0. The summed E-state index contributed by atoms with van der Waals surface area (Å²) in [5.74, 6) is 1.24. The minimum Gasteiger partial charge on any atom is -0.486 e. The fourth-order valence-electron chi connectivity index (χ4n) is 5.28. The summed E-state index contributed by atoms with van der Waals surface area (Å²) >= 11 is 0. The van der Waals surface area contributed by atoms with Crippen molar-refractivity contribution >= 4 is 22.7 Å². The topological polar surface area (TPSA) is 57.5 Å². The second-order valence-corrected chi connectivity index (χ2v) is 11.4. The van der Waals surface area contributed by atoms with E-state index in [4.69, 9.17) is 9.47 Å². The number of hydrogen-bond acceptors (Lipinski definition) is 4. The number of fused-ring (bicyclic) bond motifs is 1. The quantitative estimate of drug-likeness (QED) is 0.100. The summed E-state index contributed by atoms with van der Waals surface area (Å²) in [5.41, 5.74) is 4.82. The van der Waals surface area contributed by atoms with E-state index in [9.17, 15) is 9.59 Å². The van der Waals surface area contributed by atoms with Gasteiger partial charge in [0.05, 0.1) is 6.61 Å². The first-order chi connectivity index (χ1) is 20.4. The van der Waals surface area contributed by atoms with Gasteiger partial charge in [0.2, 0.25) is 0 Å². The molecule has 0 aliphatic rings. The molecule has 42 heavy (non-hydrogen) atoms. The van der Waals surface area contributed by atoms with Crippen LogP contribution in [0.4, 0.5) is 0 Å². The Bertz CT molecular complexity index is 1430. The van der Waals surface area contributed by atoms with Crippen LogP contribution in [0, 0.1) is 5.92 Å². The fraction of sp³-hybridized carbons (Fsp3) is 0.405. The first-order valence-electron chi connectivity index (χ1n) is 15.5. The van der Waals surface area contributed by atoms with Gasteiger partial charge in [-0.15, -0.1) is 0 Å². The largest absolute Gasteiger partial charge is 0.486 e. The molecule has 4 aromatic rings. The van der Waals surface area contributed by atoms with E-state index in [0.29, 0.717) is 43.0 Å². The third-order valence-corrected chi connectivity index (χ3v) is 7.70. The summed E-state index contributed by atoms with van der Waals surface area (Å²) in [6.45, 7) is 9.56. The third-order valence-electron chi connectivity index (χ3n) is 7.70. The number of ether oxygens (including phenoxy) is 2. The summed E-state index contributed by atoms with van der Waals surface area (Å²) < 4.78 is 13.6. The van der Waals surface area contributed by atoms with Gasteiger partial charge in [0.25, 0.3) is 0 Å². The van der Waals surface area contributed by atoms with Crippen molar-refractivity contribution in [3.05, 3.63) is 101 Å². The molecule has 0 N–H and O–H groups in total. The van der Waals surface area contributed by atoms with Crippen molar-refractivity contribution in [2.75, 3.05) is 6.61 Å². The van der Waals surface area contributed by atoms with Crippen LogP contribution in [0.5, 0.6) is 5.75 Å². The maximum absolute atomic E-state index is 13.6. The van der Waals surface area contributed by atoms with Crippen LogP contribution in [0.25, 0.3) is 10.9 Å². The minimum atomic E-state index is -0.192. The van der Waals surface area contributed by atoms with E-state index in [2.05, 4.69) is 49.6 Å². The average molecular weight is 568 g/mol. The van der Waals surface area contributed by atoms with E-state index in [0.717, 1.165) is 42.3 Å². The lowest BCUT2D eigenvalue weighted by Gasteiger charge is -2.20. The number of carbonyl (C=O) groups excluding carboxylic acids is 2. The number of ketones is 1. The Balaban J connectivity index is 1.47. The smallest absolute Gasteiger partial charge is 0.305 e. The van der Waals surface area contributed by atoms with E-state index < -0.39 is 0 Å². The average Bonchev–Trinajstić information content (AvgIpc) is 3.37. The highest BCUT2D eigenvalue weighted by molar-refractivity contribution is 6.16. The van der Waals surface area contributed by atoms with Crippen molar-refractivity contribution < 1.29 is 19.1 Å². The van der Waals surface area contributed by atoms with Gasteiger partial charge < -0.3 is 14.0 Å². The van der Waals surface area contributed by atoms with Gasteiger partial charge in [-0.3, -0.25) is 9.59 Å². The zero-order valence-corrected chi connectivity index (χ0v) is 25.6. The predicted molar refractivity (Wildman–Crippen MR) is 170 cm³/mol. The number of para-hydroxylation sites is 1. The molecule has 0 aliphatic heterocycles. The number of unbranched alkanes of at least 4 members (excludes halogenated alkanes) is 1. The van der Waals surface area contributed by atoms with Crippen LogP contribution in [-0.4, -0.2) is 22.9 Å². The molecule has 3 aromatic carbocycles. The van der Waals surface area contributed by atoms with Crippen LogP contribution in [0.15, 0.2) is 79.0 Å². The number of carbonyl (C=O) groups is 2. The highest BCUT2D eigenvalue weighted by Crippen LogP contribution is 2.29. The predicted octanol–water partition coefficient (Wildman–Crippen LogP) is 9.11. The molecule has 0 bridgehead atoms. The van der Waals surface area contributed by atoms with Gasteiger partial charge in [0.1, 0.15) is 11.9 Å². The molecular formula is C37H45NO4. The van der Waals surface area contributed by atoms with Gasteiger partial charge in [-0.1, -0.05) is 69.7 Å². The molecule has 0 fully saturated rings. The molecule has 0 spiro atoms. The summed E-state index contributed by atoms with van der Waals surface area (Å²) in [6, 6.07) is 24.3. The molecule has 5 heteroatoms. The van der Waals surface area contributed by atoms with Crippen LogP contribution < -0.4 is 4.74 Å². The van der Waals surface area contributed by atoms with Gasteiger partial charge in [0.15, 0.2) is 5.78 Å². The molecule has 1 unspecified atom stereocenters. The number of nitrogens with zero attached hydrogens (tertiary/aromatic N) is 1. The Labute approximate surface area is 250 Å². The SMILES string of the molecule is CCCCC(Oc1ccc(C(=O)c2cn(CCCC(=O)OCC)c3ccccc23)cc1)c1ccc(CCC(C)C)cc1. The highest BCUT2D eigenvalue weighted by Gasteiger charge is 2.18. The van der Waals surface area contributed by atoms with Crippen LogP contribution in [0.2, 0.25) is 0 Å². The van der Waals surface area contributed by atoms with Gasteiger partial charge in [-0.2, -0.15) is 0 Å². The molecule has 1 heterocycles. The zero-order chi connectivity index (χ0) is 29.9. The Kier molecular flexibility index (Phi) is 11.4. The number of rotatable bonds is 16. The lowest BCUT2D eigenvalue weighted by molar-refractivity contribution is -0.143. The lowest BCUT2D eigenvalue weighted by atomic mass is 9.98. The van der Waals surface area contributed by atoms with Crippen molar-refractivity contribution in [1.29, 1.82) is 0 Å². The molecule has 1 atom stereocenters. The maximum Gasteiger partial charge on any atom is 0.305 e. The van der Waals surface area contributed by atoms with E-state index in [1.165, 1.54) is 17.5 Å². The van der Waals surface area contributed by atoms with Gasteiger partial charge in [-0.25, -0.2) is 0 Å². The Morgan fingerprint density at radius 3 is 2.29 bits per heavy atom. The fourth-order valence-corrected chi connectivity index (χ4v) is 5.28. The monoisotopic (exact) mass is 567 g/mol. The Hall–Kier alpha value is -3.86. The summed E-state index contributed by atoms with van der Waals surface area (Å²) in [5, 5.41) is 0.912. The highest BCUT2D eigenvalue weighted by atomic mass is 16.5. The minimum absolute atomic E-state index is 0.0265. The van der Waals surface area contributed by atoms with Crippen molar-refractivity contribution in [3.8, 4) is 5.75 Å². The molecule has 4 rings (SSSR count). The zero-order valence-electron chi connectivity index (χ0n) is 25.6. The van der Waals surface area contributed by atoms with Crippen molar-refractivity contribution in [2.24, 2.45) is 5.92 Å². The van der Waals surface area contributed by atoms with Crippen molar-refractivity contribution in [3.63, 3.8) is 0 Å². The molecule has 1 aromatic heterocycles. The van der Waals surface area contributed by atoms with Crippen LogP contribution >= 0.6 is 0 Å². The number of hydrogen-bond donors (Lipinski definition) is 0. The van der Waals surface area contributed by atoms with Crippen LogP contribution in [0.3, 0.4) is 0 Å². The molecule has 0 saturated heterocycles. The number of benzene rings is 3. The molecule has 0 saturated carbocycles. The molecule has 0 amide bonds. The van der Waals surface area contributed by atoms with Crippen molar-refractivity contribution in [1.82, 2.24) is 4.57 Å². The van der Waals surface area contributed by atoms with Gasteiger partial charge >= 0.3 is 5.97 Å². The summed E-state index contributed by atoms with van der Waals surface area (Å²) in [4.78, 5) is 25.4. The molecule has 0 radical (unpaired) electrons. The van der Waals surface area contributed by atoms with Gasteiger partial charge in [0, 0.05) is 41.2 Å². The molecular weight excluding hydrogens is 522 g/mol. The third kappa shape index (κ3) is 8.34. The van der Waals surface area contributed by atoms with E-state index >= 15 is 0 Å².